The Bertz CT molecular complexity index is 908. The molecule has 132 valence electrons. The van der Waals surface area contributed by atoms with Crippen molar-refractivity contribution in [2.24, 2.45) is 0 Å². The molecule has 5 nitrogen and oxygen atoms in total. The minimum absolute atomic E-state index is 0.527. The molecule has 0 atom stereocenters. The number of aromatic nitrogens is 3. The monoisotopic (exact) mass is 345 g/mol. The Labute approximate surface area is 153 Å². The highest BCUT2D eigenvalue weighted by Crippen LogP contribution is 2.37. The maximum atomic E-state index is 4.68. The van der Waals surface area contributed by atoms with Gasteiger partial charge in [0.1, 0.15) is 0 Å². The summed E-state index contributed by atoms with van der Waals surface area (Å²) in [4.78, 5) is 18.6. The second kappa shape index (κ2) is 6.56. The summed E-state index contributed by atoms with van der Waals surface area (Å²) in [6, 6.07) is 10.6. The largest absolute Gasteiger partial charge is 0.354 e. The van der Waals surface area contributed by atoms with Crippen LogP contribution in [0.3, 0.4) is 0 Å². The van der Waals surface area contributed by atoms with Gasteiger partial charge in [-0.1, -0.05) is 18.2 Å². The molecule has 2 aliphatic heterocycles. The van der Waals surface area contributed by atoms with Crippen molar-refractivity contribution < 1.29 is 0 Å². The molecule has 26 heavy (non-hydrogen) atoms. The molecule has 3 aromatic rings. The summed E-state index contributed by atoms with van der Waals surface area (Å²) in [5, 5.41) is 1.27. The third-order valence-electron chi connectivity index (χ3n) is 5.62. The van der Waals surface area contributed by atoms with E-state index in [2.05, 4.69) is 55.1 Å². The first kappa shape index (κ1) is 15.6. The van der Waals surface area contributed by atoms with Gasteiger partial charge in [0.2, 0.25) is 0 Å². The van der Waals surface area contributed by atoms with Gasteiger partial charge in [-0.05, 0) is 37.0 Å². The summed E-state index contributed by atoms with van der Waals surface area (Å²) in [7, 11) is 0. The van der Waals surface area contributed by atoms with E-state index in [1.807, 2.05) is 18.6 Å². The molecule has 4 heterocycles. The van der Waals surface area contributed by atoms with E-state index < -0.39 is 0 Å². The summed E-state index contributed by atoms with van der Waals surface area (Å²) in [6.45, 7) is 4.18. The molecule has 5 heteroatoms. The molecule has 0 amide bonds. The molecule has 1 aromatic carbocycles. The molecule has 0 spiro atoms. The summed E-state index contributed by atoms with van der Waals surface area (Å²) in [5.74, 6) is 2.63. The van der Waals surface area contributed by atoms with Crippen molar-refractivity contribution in [3.05, 3.63) is 54.5 Å². The Morgan fingerprint density at radius 2 is 1.46 bits per heavy atom. The van der Waals surface area contributed by atoms with E-state index in [4.69, 9.17) is 0 Å². The molecule has 2 aromatic heterocycles. The minimum Gasteiger partial charge on any atom is -0.354 e. The lowest BCUT2D eigenvalue weighted by molar-refractivity contribution is 0.517. The zero-order valence-corrected chi connectivity index (χ0v) is 14.9. The van der Waals surface area contributed by atoms with Gasteiger partial charge in [-0.2, -0.15) is 0 Å². The fourth-order valence-electron chi connectivity index (χ4n) is 4.20. The predicted octanol–water partition coefficient (Wildman–Crippen LogP) is 3.62. The van der Waals surface area contributed by atoms with Crippen LogP contribution in [0.15, 0.2) is 48.9 Å². The summed E-state index contributed by atoms with van der Waals surface area (Å²) < 4.78 is 0. The van der Waals surface area contributed by atoms with Gasteiger partial charge in [0.05, 0.1) is 5.52 Å². The van der Waals surface area contributed by atoms with Crippen LogP contribution in [-0.2, 0) is 0 Å². The molecule has 0 aliphatic carbocycles. The highest BCUT2D eigenvalue weighted by Gasteiger charge is 2.33. The average molecular weight is 345 g/mol. The molecular formula is C21H23N5. The number of pyridine rings is 1. The Morgan fingerprint density at radius 3 is 2.27 bits per heavy atom. The fraction of sp³-hybridized carbons (Fsp3) is 0.381. The molecule has 0 saturated carbocycles. The molecule has 0 unspecified atom stereocenters. The third kappa shape index (κ3) is 2.68. The minimum atomic E-state index is 0.527. The van der Waals surface area contributed by atoms with E-state index >= 15 is 0 Å². The number of benzene rings is 1. The third-order valence-corrected chi connectivity index (χ3v) is 5.62. The molecule has 5 rings (SSSR count). The SMILES string of the molecule is c1ccc2c(C3CN(c4nccnc4N4CCCCC4)C3)ccnc2c1. The molecule has 2 aliphatic rings. The maximum absolute atomic E-state index is 4.68. The van der Waals surface area contributed by atoms with Crippen molar-refractivity contribution >= 4 is 22.5 Å². The normalized spacial score (nSPS) is 18.2. The molecule has 2 fully saturated rings. The number of piperidine rings is 1. The topological polar surface area (TPSA) is 45.2 Å². The van der Waals surface area contributed by atoms with Gasteiger partial charge in [-0.25, -0.2) is 9.97 Å². The molecule has 0 bridgehead atoms. The summed E-state index contributed by atoms with van der Waals surface area (Å²) >= 11 is 0. The number of anilines is 2. The van der Waals surface area contributed by atoms with Gasteiger partial charge in [0.15, 0.2) is 11.6 Å². The zero-order valence-electron chi connectivity index (χ0n) is 14.9. The van der Waals surface area contributed by atoms with Crippen LogP contribution in [0.4, 0.5) is 11.6 Å². The number of para-hydroxylation sites is 1. The van der Waals surface area contributed by atoms with Gasteiger partial charge >= 0.3 is 0 Å². The highest BCUT2D eigenvalue weighted by molar-refractivity contribution is 5.83. The maximum Gasteiger partial charge on any atom is 0.172 e. The first-order valence-corrected chi connectivity index (χ1v) is 9.55. The van der Waals surface area contributed by atoms with Crippen LogP contribution < -0.4 is 9.80 Å². The van der Waals surface area contributed by atoms with E-state index in [-0.39, 0.29) is 0 Å². The lowest BCUT2D eigenvalue weighted by Crippen LogP contribution is -2.46. The van der Waals surface area contributed by atoms with E-state index in [0.29, 0.717) is 5.92 Å². The number of hydrogen-bond donors (Lipinski definition) is 0. The first-order valence-electron chi connectivity index (χ1n) is 9.55. The number of fused-ring (bicyclic) bond motifs is 1. The van der Waals surface area contributed by atoms with Crippen molar-refractivity contribution in [1.29, 1.82) is 0 Å². The van der Waals surface area contributed by atoms with Crippen molar-refractivity contribution in [3.8, 4) is 0 Å². The van der Waals surface area contributed by atoms with Crippen LogP contribution in [0.1, 0.15) is 30.7 Å². The zero-order chi connectivity index (χ0) is 17.3. The van der Waals surface area contributed by atoms with Gasteiger partial charge in [0.25, 0.3) is 0 Å². The second-order valence-corrected chi connectivity index (χ2v) is 7.27. The van der Waals surface area contributed by atoms with E-state index in [0.717, 1.165) is 43.3 Å². The molecule has 0 radical (unpaired) electrons. The van der Waals surface area contributed by atoms with Crippen LogP contribution >= 0.6 is 0 Å². The second-order valence-electron chi connectivity index (χ2n) is 7.27. The number of nitrogens with zero attached hydrogens (tertiary/aromatic N) is 5. The molecular weight excluding hydrogens is 322 g/mol. The predicted molar refractivity (Wildman–Crippen MR) is 105 cm³/mol. The summed E-state index contributed by atoms with van der Waals surface area (Å²) in [5.41, 5.74) is 2.48. The first-order chi connectivity index (χ1) is 12.9. The highest BCUT2D eigenvalue weighted by atomic mass is 15.3. The smallest absolute Gasteiger partial charge is 0.172 e. The van der Waals surface area contributed by atoms with Crippen LogP contribution in [0, 0.1) is 0 Å². The average Bonchev–Trinajstić information content (AvgIpc) is 2.68. The van der Waals surface area contributed by atoms with Crippen LogP contribution in [-0.4, -0.2) is 41.1 Å². The summed E-state index contributed by atoms with van der Waals surface area (Å²) in [6.07, 6.45) is 9.40. The van der Waals surface area contributed by atoms with Crippen LogP contribution in [0.5, 0.6) is 0 Å². The van der Waals surface area contributed by atoms with Crippen molar-refractivity contribution in [2.75, 3.05) is 36.0 Å². The van der Waals surface area contributed by atoms with Gasteiger partial charge in [0, 0.05) is 56.1 Å². The molecule has 0 N–H and O–H groups in total. The quantitative estimate of drug-likeness (QED) is 0.725. The van der Waals surface area contributed by atoms with E-state index in [9.17, 15) is 0 Å². The Kier molecular flexibility index (Phi) is 3.92. The van der Waals surface area contributed by atoms with E-state index in [1.54, 1.807) is 0 Å². The number of rotatable bonds is 3. The Hall–Kier alpha value is -2.69. The van der Waals surface area contributed by atoms with Crippen molar-refractivity contribution in [3.63, 3.8) is 0 Å². The van der Waals surface area contributed by atoms with E-state index in [1.165, 1.54) is 30.2 Å². The van der Waals surface area contributed by atoms with Crippen molar-refractivity contribution in [1.82, 2.24) is 15.0 Å². The number of hydrogen-bond acceptors (Lipinski definition) is 5. The lowest BCUT2D eigenvalue weighted by Gasteiger charge is -2.42. The van der Waals surface area contributed by atoms with Crippen molar-refractivity contribution in [2.45, 2.75) is 25.2 Å². The van der Waals surface area contributed by atoms with Crippen LogP contribution in [0.2, 0.25) is 0 Å². The van der Waals surface area contributed by atoms with Crippen LogP contribution in [0.25, 0.3) is 10.9 Å². The Morgan fingerprint density at radius 1 is 0.731 bits per heavy atom. The Balaban J connectivity index is 1.39. The van der Waals surface area contributed by atoms with Gasteiger partial charge in [-0.3, -0.25) is 4.98 Å². The lowest BCUT2D eigenvalue weighted by atomic mass is 9.89. The standard InChI is InChI=1S/C21H23N5/c1-4-12-25(13-5-1)20-21(24-11-10-23-20)26-14-16(15-26)17-8-9-22-19-7-3-2-6-18(17)19/h2-3,6-11,16H,1,4-5,12-15H2. The van der Waals surface area contributed by atoms with Gasteiger partial charge in [-0.15, -0.1) is 0 Å². The van der Waals surface area contributed by atoms with Gasteiger partial charge < -0.3 is 9.80 Å². The molecule has 2 saturated heterocycles. The fourth-order valence-corrected chi connectivity index (χ4v) is 4.20.